The Kier molecular flexibility index (Phi) is 22.5. The Labute approximate surface area is 517 Å². The van der Waals surface area contributed by atoms with Gasteiger partial charge >= 0.3 is 0 Å². The van der Waals surface area contributed by atoms with Crippen LogP contribution in [0.1, 0.15) is 60.8 Å². The summed E-state index contributed by atoms with van der Waals surface area (Å²) in [6.07, 6.45) is 7.33. The molecule has 4 aromatic heterocycles. The molecule has 0 saturated heterocycles. The van der Waals surface area contributed by atoms with E-state index in [1.54, 1.807) is 24.8 Å². The first-order chi connectivity index (χ1) is 43.3. The van der Waals surface area contributed by atoms with Crippen LogP contribution in [0.3, 0.4) is 0 Å². The number of benzene rings is 4. The van der Waals surface area contributed by atoms with E-state index in [2.05, 4.69) is 66.8 Å². The third-order valence-electron chi connectivity index (χ3n) is 15.4. The number of nitrogens with two attached hydrogens (primary N) is 8. The number of hydrogen-bond donors (Lipinski definition) is 18. The lowest BCUT2D eigenvalue weighted by Crippen LogP contribution is -2.60. The number of rotatable bonds is 33. The van der Waals surface area contributed by atoms with Gasteiger partial charge in [0.25, 0.3) is 0 Å². The van der Waals surface area contributed by atoms with Crippen LogP contribution in [0.15, 0.2) is 137 Å². The number of hydrogen-bond acceptors (Lipinski definition) is 11. The molecular weight excluding hydrogens is 1150 g/mol. The van der Waals surface area contributed by atoms with Crippen LogP contribution in [-0.2, 0) is 59.2 Å². The van der Waals surface area contributed by atoms with Gasteiger partial charge in [0.2, 0.25) is 41.4 Å². The highest BCUT2D eigenvalue weighted by molar-refractivity contribution is 5.99. The molecule has 474 valence electrons. The Morgan fingerprint density at radius 1 is 0.344 bits per heavy atom. The molecule has 26 N–H and O–H groups in total. The van der Waals surface area contributed by atoms with Gasteiger partial charge in [-0.15, -0.1) is 0 Å². The first kappa shape index (κ1) is 65.1. The van der Waals surface area contributed by atoms with Crippen LogP contribution in [-0.4, -0.2) is 141 Å². The molecule has 0 aliphatic carbocycles. The Balaban J connectivity index is 1.09. The van der Waals surface area contributed by atoms with Gasteiger partial charge in [0.15, 0.2) is 17.9 Å². The summed E-state index contributed by atoms with van der Waals surface area (Å²) < 4.78 is 0. The van der Waals surface area contributed by atoms with Crippen molar-refractivity contribution in [3.05, 3.63) is 144 Å². The smallest absolute Gasteiger partial charge is 0.243 e. The number of carbonyl (C=O) groups is 7. The molecule has 4 heterocycles. The first-order valence-corrected chi connectivity index (χ1v) is 29.5. The molecule has 0 aliphatic rings. The Hall–Kier alpha value is -10.9. The minimum Gasteiger partial charge on any atom is -0.370 e. The number of amides is 7. The lowest BCUT2D eigenvalue weighted by molar-refractivity contribution is -0.135. The van der Waals surface area contributed by atoms with Gasteiger partial charge in [0.05, 0.1) is 6.04 Å². The summed E-state index contributed by atoms with van der Waals surface area (Å²) in [6.45, 7) is 0.325. The summed E-state index contributed by atoms with van der Waals surface area (Å²) in [5, 5.41) is 20.1. The summed E-state index contributed by atoms with van der Waals surface area (Å²) in [5.41, 5.74) is 51.6. The number of fused-ring (bicyclic) bond motifs is 4. The molecule has 4 aromatic carbocycles. The average molecular weight is 1230 g/mol. The molecule has 0 aliphatic heterocycles. The van der Waals surface area contributed by atoms with Gasteiger partial charge < -0.3 is 97.7 Å². The fraction of sp³-hybridized carbons (Fsp3) is 0.323. The second kappa shape index (κ2) is 31.1. The second-order valence-corrected chi connectivity index (χ2v) is 22.0. The van der Waals surface area contributed by atoms with Crippen molar-refractivity contribution in [1.82, 2.24) is 51.8 Å². The Morgan fingerprint density at radius 2 is 0.600 bits per heavy atom. The fourth-order valence-corrected chi connectivity index (χ4v) is 10.8. The Morgan fingerprint density at radius 3 is 0.911 bits per heavy atom. The van der Waals surface area contributed by atoms with Gasteiger partial charge in [-0.25, -0.2) is 0 Å². The zero-order valence-electron chi connectivity index (χ0n) is 49.6. The quantitative estimate of drug-likeness (QED) is 0.0144. The maximum atomic E-state index is 15.2. The van der Waals surface area contributed by atoms with E-state index in [1.807, 2.05) is 97.1 Å². The van der Waals surface area contributed by atoms with Crippen molar-refractivity contribution in [2.75, 3.05) is 19.6 Å². The monoisotopic (exact) mass is 1230 g/mol. The van der Waals surface area contributed by atoms with Crippen molar-refractivity contribution in [3.8, 4) is 0 Å². The van der Waals surface area contributed by atoms with E-state index in [1.165, 1.54) is 0 Å². The number of nitrogens with zero attached hydrogens (tertiary/aromatic N) is 3. The van der Waals surface area contributed by atoms with E-state index in [0.29, 0.717) is 28.7 Å². The molecule has 0 spiro atoms. The van der Waals surface area contributed by atoms with Crippen molar-refractivity contribution >= 4 is 103 Å². The summed E-state index contributed by atoms with van der Waals surface area (Å²) in [6, 6.07) is 20.4. The van der Waals surface area contributed by atoms with E-state index in [4.69, 9.17) is 45.9 Å². The molecule has 8 aromatic rings. The standard InChI is InChI=1S/C62H79N21O7/c63-42(16-9-23-71-60(65)66)54(85)81-50(27-35-31-75-44-18-6-2-13-39(35)44)59(90)83-52(29-37-33-77-46-20-8-4-15-41(37)46)58(89)79-48(22-11-25-73-62(69)70)56(87)82-51(28-36-32-76-45-19-7-3-14-40(36)45)57(88)78-47(21-10-24-72-61(67)68)55(86)80-49(53(64)84)26-34-30-74-43-17-5-1-12-38(34)43/h1-8,12-15,17-20,30-33,42,47-52,74-77H,9-11,16,21-29,63H2,(H2,64,84)(H,78,88)(H,79,89)(H,80,86)(H,81,85)(H,82,87)(H,83,90)(H4,65,66,71)(H4,67,68,72)(H4,69,70,73)/t42-,47-,48-,49-,50-,51-,52-/m0/s1. The van der Waals surface area contributed by atoms with Crippen molar-refractivity contribution < 1.29 is 33.6 Å². The second-order valence-electron chi connectivity index (χ2n) is 22.0. The number of nitrogens with one attached hydrogen (secondary N) is 10. The van der Waals surface area contributed by atoms with Gasteiger partial charge in [-0.1, -0.05) is 72.8 Å². The van der Waals surface area contributed by atoms with Crippen LogP contribution < -0.4 is 77.8 Å². The lowest BCUT2D eigenvalue weighted by atomic mass is 10.00. The number of H-pyrrole nitrogens is 4. The normalized spacial score (nSPS) is 13.6. The predicted molar refractivity (Wildman–Crippen MR) is 346 cm³/mol. The molecule has 90 heavy (non-hydrogen) atoms. The molecule has 0 fully saturated rings. The summed E-state index contributed by atoms with van der Waals surface area (Å²) in [5.74, 6) is -5.94. The third-order valence-corrected chi connectivity index (χ3v) is 15.4. The molecule has 7 atom stereocenters. The van der Waals surface area contributed by atoms with Gasteiger partial charge in [-0.2, -0.15) is 0 Å². The van der Waals surface area contributed by atoms with Gasteiger partial charge in [-0.05, 0) is 85.0 Å². The fourth-order valence-electron chi connectivity index (χ4n) is 10.8. The molecule has 7 amide bonds. The van der Waals surface area contributed by atoms with Crippen LogP contribution in [0.4, 0.5) is 0 Å². The van der Waals surface area contributed by atoms with Crippen molar-refractivity contribution in [1.29, 1.82) is 0 Å². The van der Waals surface area contributed by atoms with E-state index >= 15 is 14.4 Å². The molecule has 0 radical (unpaired) electrons. The van der Waals surface area contributed by atoms with Crippen molar-refractivity contribution in [3.63, 3.8) is 0 Å². The van der Waals surface area contributed by atoms with Crippen molar-refractivity contribution in [2.45, 2.75) is 107 Å². The SMILES string of the molecule is NC(=O)[C@H](Cc1c[nH]c2ccccc12)NC(=O)[C@H](CCCN=C(N)N)NC(=O)[C@H](Cc1c[nH]c2ccccc12)NC(=O)[C@H](CCCN=C(N)N)NC(=O)[C@H](Cc1c[nH]c2ccccc12)NC(=O)[C@H](Cc1c[nH]c2ccccc12)NC(=O)[C@@H](N)CCCN=C(N)N. The molecule has 28 heteroatoms. The summed E-state index contributed by atoms with van der Waals surface area (Å²) in [4.78, 5) is 127. The number of aromatic nitrogens is 4. The van der Waals surface area contributed by atoms with E-state index < -0.39 is 83.6 Å². The number of aliphatic imine (C=N–C) groups is 3. The number of guanidine groups is 3. The highest BCUT2D eigenvalue weighted by Crippen LogP contribution is 2.24. The number of carbonyl (C=O) groups excluding carboxylic acids is 7. The predicted octanol–water partition coefficient (Wildman–Crippen LogP) is -0.235. The molecule has 0 saturated carbocycles. The lowest BCUT2D eigenvalue weighted by Gasteiger charge is -2.28. The van der Waals surface area contributed by atoms with Crippen LogP contribution in [0.2, 0.25) is 0 Å². The Bertz CT molecular complexity index is 3910. The highest BCUT2D eigenvalue weighted by atomic mass is 16.2. The summed E-state index contributed by atoms with van der Waals surface area (Å²) >= 11 is 0. The van der Waals surface area contributed by atoms with Crippen LogP contribution in [0.25, 0.3) is 43.6 Å². The zero-order chi connectivity index (χ0) is 64.3. The van der Waals surface area contributed by atoms with E-state index in [9.17, 15) is 19.2 Å². The summed E-state index contributed by atoms with van der Waals surface area (Å²) in [7, 11) is 0. The van der Waals surface area contributed by atoms with Crippen molar-refractivity contribution in [2.24, 2.45) is 60.8 Å². The van der Waals surface area contributed by atoms with E-state index in [0.717, 1.165) is 43.6 Å². The molecule has 0 unspecified atom stereocenters. The van der Waals surface area contributed by atoms with Crippen LogP contribution in [0.5, 0.6) is 0 Å². The van der Waals surface area contributed by atoms with Crippen LogP contribution >= 0.6 is 0 Å². The zero-order valence-corrected chi connectivity index (χ0v) is 49.6. The largest absolute Gasteiger partial charge is 0.370 e. The molecular formula is C62H79N21O7. The molecule has 8 rings (SSSR count). The van der Waals surface area contributed by atoms with Gasteiger partial charge in [0.1, 0.15) is 36.3 Å². The minimum atomic E-state index is -1.44. The molecule has 28 nitrogen and oxygen atoms in total. The first-order valence-electron chi connectivity index (χ1n) is 29.5. The minimum absolute atomic E-state index is 0.0160. The van der Waals surface area contributed by atoms with E-state index in [-0.39, 0.29) is 95.3 Å². The van der Waals surface area contributed by atoms with Gasteiger partial charge in [0, 0.05) is 114 Å². The highest BCUT2D eigenvalue weighted by Gasteiger charge is 2.35. The number of para-hydroxylation sites is 4. The number of aromatic amines is 4. The van der Waals surface area contributed by atoms with Gasteiger partial charge in [-0.3, -0.25) is 48.5 Å². The van der Waals surface area contributed by atoms with Crippen LogP contribution in [0, 0.1) is 0 Å². The maximum absolute atomic E-state index is 15.2. The topological polar surface area (TPSA) is 500 Å². The molecule has 0 bridgehead atoms. The maximum Gasteiger partial charge on any atom is 0.243 e. The third kappa shape index (κ3) is 17.9. The average Bonchev–Trinajstić information content (AvgIpc) is 2.28. The number of primary amides is 1.